The van der Waals surface area contributed by atoms with Gasteiger partial charge in [0.1, 0.15) is 11.4 Å². The van der Waals surface area contributed by atoms with Crippen LogP contribution in [0.2, 0.25) is 0 Å². The van der Waals surface area contributed by atoms with Gasteiger partial charge in [0, 0.05) is 24.2 Å². The molecule has 6 rings (SSSR count). The third-order valence-electron chi connectivity index (χ3n) is 6.22. The molecule has 2 aromatic rings. The number of amides is 1. The van der Waals surface area contributed by atoms with Crippen molar-refractivity contribution in [1.82, 2.24) is 25.2 Å². The molecule has 1 aliphatic carbocycles. The molecular weight excluding hydrogens is 342 g/mol. The van der Waals surface area contributed by atoms with Crippen LogP contribution in [0.25, 0.3) is 11.3 Å². The number of nitrogens with one attached hydrogen (secondary N) is 1. The van der Waals surface area contributed by atoms with Crippen LogP contribution in [0.5, 0.6) is 5.75 Å². The highest BCUT2D eigenvalue weighted by atomic mass is 16.3. The molecule has 4 fully saturated rings. The molecule has 1 amide bonds. The number of aromatic nitrogens is 3. The molecule has 7 heteroatoms. The van der Waals surface area contributed by atoms with E-state index in [0.717, 1.165) is 56.6 Å². The third kappa shape index (κ3) is 3.43. The van der Waals surface area contributed by atoms with Gasteiger partial charge in [-0.15, -0.1) is 5.10 Å². The Balaban J connectivity index is 1.24. The van der Waals surface area contributed by atoms with Gasteiger partial charge in [-0.1, -0.05) is 17.3 Å². The van der Waals surface area contributed by atoms with Crippen molar-refractivity contribution >= 4 is 5.91 Å². The predicted molar refractivity (Wildman–Crippen MR) is 99.9 cm³/mol. The van der Waals surface area contributed by atoms with Crippen LogP contribution in [0.15, 0.2) is 30.5 Å². The van der Waals surface area contributed by atoms with Crippen molar-refractivity contribution in [3.8, 4) is 17.0 Å². The van der Waals surface area contributed by atoms with Crippen molar-refractivity contribution in [3.63, 3.8) is 0 Å². The molecule has 3 aliphatic heterocycles. The highest BCUT2D eigenvalue weighted by molar-refractivity contribution is 5.80. The number of carbonyl (C=O) groups excluding carboxylic acids is 1. The number of aromatic hydroxyl groups is 1. The van der Waals surface area contributed by atoms with Gasteiger partial charge in [0.15, 0.2) is 0 Å². The number of phenols is 1. The van der Waals surface area contributed by atoms with Crippen molar-refractivity contribution in [2.45, 2.75) is 44.3 Å². The van der Waals surface area contributed by atoms with Gasteiger partial charge in [-0.2, -0.15) is 0 Å². The van der Waals surface area contributed by atoms with Crippen molar-refractivity contribution in [2.75, 3.05) is 13.1 Å². The van der Waals surface area contributed by atoms with Crippen LogP contribution < -0.4 is 5.32 Å². The van der Waals surface area contributed by atoms with E-state index in [4.69, 9.17) is 0 Å². The van der Waals surface area contributed by atoms with Crippen LogP contribution in [0, 0.1) is 11.8 Å². The normalized spacial score (nSPS) is 29.6. The summed E-state index contributed by atoms with van der Waals surface area (Å²) in [7, 11) is 0. The Morgan fingerprint density at radius 1 is 1.30 bits per heavy atom. The van der Waals surface area contributed by atoms with E-state index in [1.165, 1.54) is 0 Å². The fourth-order valence-electron chi connectivity index (χ4n) is 4.56. The molecule has 1 aromatic heterocycles. The molecule has 2 unspecified atom stereocenters. The van der Waals surface area contributed by atoms with Crippen molar-refractivity contribution in [2.24, 2.45) is 11.8 Å². The number of carbonyl (C=O) groups is 1. The summed E-state index contributed by atoms with van der Waals surface area (Å²) in [4.78, 5) is 15.0. The molecule has 7 nitrogen and oxygen atoms in total. The molecule has 142 valence electrons. The van der Waals surface area contributed by atoms with Crippen LogP contribution in [0.1, 0.15) is 25.7 Å². The van der Waals surface area contributed by atoms with E-state index in [1.54, 1.807) is 12.1 Å². The minimum Gasteiger partial charge on any atom is -0.508 e. The fraction of sp³-hybridized carbons (Fsp3) is 0.550. The van der Waals surface area contributed by atoms with Crippen molar-refractivity contribution in [1.29, 1.82) is 0 Å². The summed E-state index contributed by atoms with van der Waals surface area (Å²) >= 11 is 0. The number of nitrogens with zero attached hydrogens (tertiary/aromatic N) is 4. The largest absolute Gasteiger partial charge is 0.508 e. The van der Waals surface area contributed by atoms with E-state index in [9.17, 15) is 9.90 Å². The van der Waals surface area contributed by atoms with Gasteiger partial charge < -0.3 is 10.4 Å². The van der Waals surface area contributed by atoms with E-state index in [0.29, 0.717) is 18.0 Å². The molecular formula is C20H25N5O2. The number of hydrogen-bond donors (Lipinski definition) is 2. The summed E-state index contributed by atoms with van der Waals surface area (Å²) in [5.74, 6) is 1.12. The Morgan fingerprint density at radius 3 is 2.93 bits per heavy atom. The minimum atomic E-state index is 0.147. The Hall–Kier alpha value is -2.41. The maximum absolute atomic E-state index is 12.5. The van der Waals surface area contributed by atoms with Crippen LogP contribution in [0.4, 0.5) is 0 Å². The fourth-order valence-corrected chi connectivity index (χ4v) is 4.56. The summed E-state index contributed by atoms with van der Waals surface area (Å²) in [5.41, 5.74) is 1.63. The zero-order valence-corrected chi connectivity index (χ0v) is 15.3. The topological polar surface area (TPSA) is 83.3 Å². The first-order valence-electron chi connectivity index (χ1n) is 9.89. The molecule has 3 saturated heterocycles. The molecule has 4 atom stereocenters. The maximum Gasteiger partial charge on any atom is 0.224 e. The standard InChI is InChI=1S/C20H25N5O2/c26-17-3-1-2-14(9-17)19-12-25(23-22-19)10-16-8-13-6-7-24(16)11-18(13)20(27)21-15-4-5-15/h1-3,9,12-13,15-16,18,26H,4-8,10-11H2,(H,21,27)/t13?,16-,18+/m1/s1. The maximum atomic E-state index is 12.5. The van der Waals surface area contributed by atoms with Gasteiger partial charge in [-0.05, 0) is 50.3 Å². The SMILES string of the molecule is O=C(NC1CC1)[C@H]1CN2CCC1C[C@@H]2Cn1cc(-c2cccc(O)c2)nn1. The van der Waals surface area contributed by atoms with Gasteiger partial charge in [-0.25, -0.2) is 0 Å². The molecule has 4 aliphatic rings. The first-order chi connectivity index (χ1) is 13.2. The van der Waals surface area contributed by atoms with E-state index >= 15 is 0 Å². The monoisotopic (exact) mass is 367 g/mol. The first kappa shape index (κ1) is 16.7. The molecule has 27 heavy (non-hydrogen) atoms. The molecule has 2 bridgehead atoms. The van der Waals surface area contributed by atoms with Gasteiger partial charge in [-0.3, -0.25) is 14.4 Å². The summed E-state index contributed by atoms with van der Waals surface area (Å²) in [6, 6.07) is 7.92. The van der Waals surface area contributed by atoms with Gasteiger partial charge in [0.05, 0.1) is 18.7 Å². The predicted octanol–water partition coefficient (Wildman–Crippen LogP) is 1.64. The first-order valence-corrected chi connectivity index (χ1v) is 9.89. The minimum absolute atomic E-state index is 0.147. The summed E-state index contributed by atoms with van der Waals surface area (Å²) in [6.07, 6.45) is 6.39. The molecule has 0 radical (unpaired) electrons. The molecule has 1 saturated carbocycles. The Bertz CT molecular complexity index is 846. The Labute approximate surface area is 158 Å². The molecule has 0 spiro atoms. The lowest BCUT2D eigenvalue weighted by Gasteiger charge is -2.49. The van der Waals surface area contributed by atoms with E-state index in [2.05, 4.69) is 20.5 Å². The number of piperidine rings is 3. The Morgan fingerprint density at radius 2 is 2.19 bits per heavy atom. The lowest BCUT2D eigenvalue weighted by molar-refractivity contribution is -0.133. The average molecular weight is 367 g/mol. The van der Waals surface area contributed by atoms with Gasteiger partial charge >= 0.3 is 0 Å². The second kappa shape index (κ2) is 6.64. The smallest absolute Gasteiger partial charge is 0.224 e. The van der Waals surface area contributed by atoms with E-state index in [1.807, 2.05) is 23.0 Å². The lowest BCUT2D eigenvalue weighted by atomic mass is 9.75. The van der Waals surface area contributed by atoms with Crippen LogP contribution >= 0.6 is 0 Å². The second-order valence-corrected chi connectivity index (χ2v) is 8.20. The van der Waals surface area contributed by atoms with Gasteiger partial charge in [0.2, 0.25) is 5.91 Å². The number of rotatable bonds is 5. The van der Waals surface area contributed by atoms with Gasteiger partial charge in [0.25, 0.3) is 0 Å². The number of hydrogen-bond acceptors (Lipinski definition) is 5. The van der Waals surface area contributed by atoms with Crippen molar-refractivity contribution < 1.29 is 9.90 Å². The zero-order valence-electron chi connectivity index (χ0n) is 15.3. The zero-order chi connectivity index (χ0) is 18.4. The Kier molecular flexibility index (Phi) is 4.11. The summed E-state index contributed by atoms with van der Waals surface area (Å²) in [5, 5.41) is 21.4. The molecule has 2 N–H and O–H groups in total. The number of fused-ring (bicyclic) bond motifs is 3. The lowest BCUT2D eigenvalue weighted by Crippen LogP contribution is -2.58. The molecule has 4 heterocycles. The molecule has 1 aromatic carbocycles. The van der Waals surface area contributed by atoms with Crippen LogP contribution in [-0.4, -0.2) is 56.1 Å². The summed E-state index contributed by atoms with van der Waals surface area (Å²) < 4.78 is 1.89. The quantitative estimate of drug-likeness (QED) is 0.839. The highest BCUT2D eigenvalue weighted by Crippen LogP contribution is 2.37. The second-order valence-electron chi connectivity index (χ2n) is 8.20. The number of phenolic OH excluding ortho intramolecular Hbond substituents is 1. The number of benzene rings is 1. The van der Waals surface area contributed by atoms with Crippen molar-refractivity contribution in [3.05, 3.63) is 30.5 Å². The van der Waals surface area contributed by atoms with Crippen LogP contribution in [0.3, 0.4) is 0 Å². The summed E-state index contributed by atoms with van der Waals surface area (Å²) in [6.45, 7) is 2.72. The van der Waals surface area contributed by atoms with E-state index in [-0.39, 0.29) is 17.6 Å². The third-order valence-corrected chi connectivity index (χ3v) is 6.22. The average Bonchev–Trinajstić information content (AvgIpc) is 3.37. The van der Waals surface area contributed by atoms with E-state index < -0.39 is 0 Å². The van der Waals surface area contributed by atoms with Crippen LogP contribution in [-0.2, 0) is 11.3 Å². The highest BCUT2D eigenvalue weighted by Gasteiger charge is 2.44.